The van der Waals surface area contributed by atoms with E-state index in [0.717, 1.165) is 5.56 Å². The lowest BCUT2D eigenvalue weighted by atomic mass is 9.72. The third kappa shape index (κ3) is 4.92. The molecule has 1 heterocycles. The second kappa shape index (κ2) is 9.27. The molecule has 0 aliphatic carbocycles. The van der Waals surface area contributed by atoms with Gasteiger partial charge in [0.2, 0.25) is 0 Å². The van der Waals surface area contributed by atoms with Crippen LogP contribution >= 0.6 is 0 Å². The fourth-order valence-electron chi connectivity index (χ4n) is 3.88. The average Bonchev–Trinajstić information content (AvgIpc) is 3.12. The van der Waals surface area contributed by atoms with Crippen molar-refractivity contribution >= 4 is 6.09 Å². The summed E-state index contributed by atoms with van der Waals surface area (Å²) in [7, 11) is 1.54. The Morgan fingerprint density at radius 2 is 2.00 bits per heavy atom. The zero-order valence-corrected chi connectivity index (χ0v) is 17.8. The summed E-state index contributed by atoms with van der Waals surface area (Å²) < 4.78 is 24.2. The molecule has 0 radical (unpaired) electrons. The summed E-state index contributed by atoms with van der Waals surface area (Å²) in [4.78, 5) is 12.9. The Hall–Kier alpha value is -3.24. The molecule has 164 valence electrons. The molecule has 1 aliphatic heterocycles. The lowest BCUT2D eigenvalue weighted by molar-refractivity contribution is 0.0481. The molecule has 0 bridgehead atoms. The molecule has 2 aromatic rings. The number of ether oxygens (including phenoxy) is 2. The lowest BCUT2D eigenvalue weighted by Crippen LogP contribution is -2.37. The first-order chi connectivity index (χ1) is 14.7. The molecular formula is C24H26FNO5. The van der Waals surface area contributed by atoms with E-state index in [0.29, 0.717) is 17.1 Å². The number of benzene rings is 2. The van der Waals surface area contributed by atoms with E-state index in [9.17, 15) is 19.4 Å². The van der Waals surface area contributed by atoms with Crippen molar-refractivity contribution < 1.29 is 28.9 Å². The first-order valence-electron chi connectivity index (χ1n) is 9.95. The number of carbonyl (C=O) groups is 1. The van der Waals surface area contributed by atoms with Crippen LogP contribution in [0.15, 0.2) is 42.5 Å². The summed E-state index contributed by atoms with van der Waals surface area (Å²) in [6.45, 7) is 4.20. The van der Waals surface area contributed by atoms with Gasteiger partial charge in [-0.2, -0.15) is 0 Å². The van der Waals surface area contributed by atoms with Crippen molar-refractivity contribution in [1.29, 1.82) is 0 Å². The average molecular weight is 427 g/mol. The molecule has 2 aromatic carbocycles. The Morgan fingerprint density at radius 3 is 2.61 bits per heavy atom. The highest BCUT2D eigenvalue weighted by atomic mass is 19.1. The molecule has 1 aliphatic rings. The minimum absolute atomic E-state index is 0.0940. The van der Waals surface area contributed by atoms with Crippen molar-refractivity contribution in [2.24, 2.45) is 5.41 Å². The third-order valence-corrected chi connectivity index (χ3v) is 5.92. The summed E-state index contributed by atoms with van der Waals surface area (Å²) in [5.41, 5.74) is 0.902. The lowest BCUT2D eigenvalue weighted by Gasteiger charge is -2.33. The topological polar surface area (TPSA) is 79.2 Å². The number of hydrogen-bond donors (Lipinski definition) is 2. The number of likely N-dealkylation sites (tertiary alicyclic amines) is 1. The van der Waals surface area contributed by atoms with Crippen LogP contribution in [0.5, 0.6) is 11.5 Å². The summed E-state index contributed by atoms with van der Waals surface area (Å²) in [6, 6.07) is 11.3. The van der Waals surface area contributed by atoms with E-state index in [1.807, 2.05) is 19.1 Å². The quantitative estimate of drug-likeness (QED) is 0.711. The van der Waals surface area contributed by atoms with E-state index in [1.165, 1.54) is 24.1 Å². The van der Waals surface area contributed by atoms with Crippen molar-refractivity contribution in [1.82, 2.24) is 4.90 Å². The van der Waals surface area contributed by atoms with Crippen LogP contribution in [0.1, 0.15) is 30.9 Å². The van der Waals surface area contributed by atoms with Gasteiger partial charge in [-0.25, -0.2) is 9.18 Å². The van der Waals surface area contributed by atoms with Crippen LogP contribution in [0.3, 0.4) is 0 Å². The third-order valence-electron chi connectivity index (χ3n) is 5.92. The molecule has 1 amide bonds. The van der Waals surface area contributed by atoms with Crippen LogP contribution in [-0.2, 0) is 0 Å². The smallest absolute Gasteiger partial charge is 0.407 e. The van der Waals surface area contributed by atoms with Gasteiger partial charge >= 0.3 is 6.09 Å². The van der Waals surface area contributed by atoms with E-state index in [2.05, 4.69) is 11.8 Å². The normalized spacial score (nSPS) is 21.2. The van der Waals surface area contributed by atoms with E-state index >= 15 is 0 Å². The maximum atomic E-state index is 13.0. The Kier molecular flexibility index (Phi) is 6.71. The highest BCUT2D eigenvalue weighted by Gasteiger charge is 2.48. The molecular weight excluding hydrogens is 401 g/mol. The first kappa shape index (κ1) is 22.4. The molecule has 31 heavy (non-hydrogen) atoms. The van der Waals surface area contributed by atoms with Crippen molar-refractivity contribution in [3.05, 3.63) is 59.4 Å². The van der Waals surface area contributed by atoms with Crippen LogP contribution in [0.25, 0.3) is 0 Å². The second-order valence-corrected chi connectivity index (χ2v) is 7.91. The number of nitrogens with zero attached hydrogens (tertiary/aromatic N) is 1. The molecule has 0 saturated carbocycles. The van der Waals surface area contributed by atoms with Crippen molar-refractivity contribution in [2.75, 3.05) is 26.8 Å². The molecule has 7 heteroatoms. The van der Waals surface area contributed by atoms with Crippen LogP contribution in [-0.4, -0.2) is 54.1 Å². The number of carboxylic acid groups (broad SMARTS) is 1. The van der Waals surface area contributed by atoms with Crippen molar-refractivity contribution in [3.63, 3.8) is 0 Å². The van der Waals surface area contributed by atoms with E-state index < -0.39 is 17.6 Å². The van der Waals surface area contributed by atoms with Gasteiger partial charge in [-0.05, 0) is 48.9 Å². The maximum Gasteiger partial charge on any atom is 0.407 e. The van der Waals surface area contributed by atoms with E-state index in [1.54, 1.807) is 25.1 Å². The number of amides is 1. The highest BCUT2D eigenvalue weighted by molar-refractivity contribution is 5.66. The van der Waals surface area contributed by atoms with Gasteiger partial charge in [0.05, 0.1) is 13.2 Å². The van der Waals surface area contributed by atoms with Crippen molar-refractivity contribution in [2.45, 2.75) is 25.9 Å². The van der Waals surface area contributed by atoms with Gasteiger partial charge in [0.1, 0.15) is 12.4 Å². The minimum atomic E-state index is -1.00. The summed E-state index contributed by atoms with van der Waals surface area (Å²) >= 11 is 0. The zero-order chi connectivity index (χ0) is 22.6. The van der Waals surface area contributed by atoms with Gasteiger partial charge in [-0.15, -0.1) is 0 Å². The Bertz CT molecular complexity index is 995. The predicted octanol–water partition coefficient (Wildman–Crippen LogP) is 3.73. The molecule has 1 saturated heterocycles. The van der Waals surface area contributed by atoms with E-state index in [-0.39, 0.29) is 31.4 Å². The number of aliphatic hydroxyl groups is 1. The summed E-state index contributed by atoms with van der Waals surface area (Å²) in [5, 5.41) is 19.8. The largest absolute Gasteiger partial charge is 0.493 e. The summed E-state index contributed by atoms with van der Waals surface area (Å²) in [5.74, 6) is 6.28. The standard InChI is InChI=1S/C24H26FNO5/c1-16(27)24(2)15-26(23(28)29)14-20(24)18-8-11-21(30-3)22(13-18)31-12-4-5-17-6-9-19(25)10-7-17/h6-11,13,16,20,27H,12,14-15H2,1-3H3,(H,28,29). The molecule has 3 rings (SSSR count). The van der Waals surface area contributed by atoms with Crippen LogP contribution in [0.2, 0.25) is 0 Å². The molecule has 2 N–H and O–H groups in total. The molecule has 6 nitrogen and oxygen atoms in total. The number of halogens is 1. The van der Waals surface area contributed by atoms with Crippen LogP contribution in [0, 0.1) is 23.1 Å². The van der Waals surface area contributed by atoms with Gasteiger partial charge in [0, 0.05) is 30.0 Å². The Balaban J connectivity index is 1.81. The van der Waals surface area contributed by atoms with Gasteiger partial charge in [0.25, 0.3) is 0 Å². The summed E-state index contributed by atoms with van der Waals surface area (Å²) in [6.07, 6.45) is -1.70. The fraction of sp³-hybridized carbons (Fsp3) is 0.375. The van der Waals surface area contributed by atoms with Gasteiger partial charge < -0.3 is 24.6 Å². The van der Waals surface area contributed by atoms with E-state index in [4.69, 9.17) is 9.47 Å². The maximum absolute atomic E-state index is 13.0. The SMILES string of the molecule is COc1ccc(C2CN(C(=O)O)CC2(C)C(C)O)cc1OCC#Cc1ccc(F)cc1. The second-order valence-electron chi connectivity index (χ2n) is 7.91. The molecule has 0 spiro atoms. The number of methoxy groups -OCH3 is 1. The predicted molar refractivity (Wildman–Crippen MR) is 114 cm³/mol. The van der Waals surface area contributed by atoms with Crippen LogP contribution in [0.4, 0.5) is 9.18 Å². The highest BCUT2D eigenvalue weighted by Crippen LogP contribution is 2.46. The number of aliphatic hydroxyl groups excluding tert-OH is 1. The Morgan fingerprint density at radius 1 is 1.29 bits per heavy atom. The van der Waals surface area contributed by atoms with Gasteiger partial charge in [0.15, 0.2) is 11.5 Å². The molecule has 3 unspecified atom stereocenters. The molecule has 3 atom stereocenters. The van der Waals surface area contributed by atoms with Crippen LogP contribution < -0.4 is 9.47 Å². The molecule has 0 aromatic heterocycles. The molecule has 1 fully saturated rings. The van der Waals surface area contributed by atoms with Gasteiger partial charge in [-0.1, -0.05) is 24.8 Å². The van der Waals surface area contributed by atoms with Gasteiger partial charge in [-0.3, -0.25) is 0 Å². The monoisotopic (exact) mass is 427 g/mol. The number of rotatable bonds is 5. The fourth-order valence-corrected chi connectivity index (χ4v) is 3.88. The zero-order valence-electron chi connectivity index (χ0n) is 17.8. The minimum Gasteiger partial charge on any atom is -0.493 e. The van der Waals surface area contributed by atoms with Crippen molar-refractivity contribution in [3.8, 4) is 23.3 Å². The Labute approximate surface area is 181 Å². The number of hydrogen-bond acceptors (Lipinski definition) is 4. The first-order valence-corrected chi connectivity index (χ1v) is 9.95.